The van der Waals surface area contributed by atoms with Gasteiger partial charge in [-0.1, -0.05) is 18.2 Å². The van der Waals surface area contributed by atoms with Crippen molar-refractivity contribution >= 4 is 22.1 Å². The molecule has 0 bridgehead atoms. The largest absolute Gasteiger partial charge is 0.384 e. The van der Waals surface area contributed by atoms with Crippen molar-refractivity contribution in [2.75, 3.05) is 0 Å². The maximum atomic E-state index is 10.5. The minimum absolute atomic E-state index is 0.579. The molecule has 1 unspecified atom stereocenters. The van der Waals surface area contributed by atoms with Gasteiger partial charge in [-0.2, -0.15) is 11.3 Å². The number of hydrogen-bond acceptors (Lipinski definition) is 3. The molecule has 0 spiro atoms. The van der Waals surface area contributed by atoms with E-state index in [4.69, 9.17) is 0 Å². The fraction of sp³-hybridized carbons (Fsp3) is 0.133. The second-order valence-electron chi connectivity index (χ2n) is 4.36. The molecule has 3 aromatic rings. The lowest BCUT2D eigenvalue weighted by molar-refractivity contribution is 0.221. The van der Waals surface area contributed by atoms with Crippen molar-refractivity contribution in [2.45, 2.75) is 13.0 Å². The van der Waals surface area contributed by atoms with Crippen LogP contribution in [0.25, 0.3) is 10.8 Å². The van der Waals surface area contributed by atoms with E-state index in [1.807, 2.05) is 42.8 Å². The molecule has 1 N–H and O–H groups in total. The Hall–Kier alpha value is -1.71. The van der Waals surface area contributed by atoms with Gasteiger partial charge in [0.25, 0.3) is 0 Å². The molecule has 0 radical (unpaired) electrons. The molecule has 0 aliphatic rings. The Morgan fingerprint density at radius 2 is 2.06 bits per heavy atom. The predicted molar refractivity (Wildman–Crippen MR) is 74.9 cm³/mol. The third-order valence-corrected chi connectivity index (χ3v) is 4.08. The smallest absolute Gasteiger partial charge is 0.106 e. The van der Waals surface area contributed by atoms with Crippen LogP contribution in [-0.2, 0) is 0 Å². The van der Waals surface area contributed by atoms with Gasteiger partial charge in [0.1, 0.15) is 6.10 Å². The number of aryl methyl sites for hydroxylation is 1. The number of benzene rings is 1. The highest BCUT2D eigenvalue weighted by atomic mass is 32.1. The Morgan fingerprint density at radius 1 is 1.17 bits per heavy atom. The summed E-state index contributed by atoms with van der Waals surface area (Å²) in [5.74, 6) is 0. The normalized spacial score (nSPS) is 12.8. The Bertz CT molecular complexity index is 684. The van der Waals surface area contributed by atoms with E-state index in [-0.39, 0.29) is 0 Å². The lowest BCUT2D eigenvalue weighted by atomic mass is 9.97. The number of pyridine rings is 1. The quantitative estimate of drug-likeness (QED) is 0.757. The highest BCUT2D eigenvalue weighted by molar-refractivity contribution is 7.08. The Kier molecular flexibility index (Phi) is 2.86. The molecule has 3 rings (SSSR count). The number of rotatable bonds is 2. The number of aliphatic hydroxyl groups is 1. The molecule has 0 aliphatic heterocycles. The van der Waals surface area contributed by atoms with Gasteiger partial charge in [-0.3, -0.25) is 4.98 Å². The first-order chi connectivity index (χ1) is 8.77. The molecular weight excluding hydrogens is 242 g/mol. The summed E-state index contributed by atoms with van der Waals surface area (Å²) in [5, 5.41) is 16.7. The fourth-order valence-electron chi connectivity index (χ4n) is 2.19. The van der Waals surface area contributed by atoms with E-state index in [2.05, 4.69) is 10.4 Å². The molecule has 0 fully saturated rings. The van der Waals surface area contributed by atoms with E-state index < -0.39 is 6.10 Å². The van der Waals surface area contributed by atoms with Gasteiger partial charge in [0.05, 0.1) is 0 Å². The van der Waals surface area contributed by atoms with Crippen LogP contribution in [0.3, 0.4) is 0 Å². The number of aromatic nitrogens is 1. The van der Waals surface area contributed by atoms with E-state index in [1.54, 1.807) is 17.5 Å². The van der Waals surface area contributed by atoms with Gasteiger partial charge in [0.2, 0.25) is 0 Å². The number of hydrogen-bond donors (Lipinski definition) is 1. The Labute approximate surface area is 110 Å². The van der Waals surface area contributed by atoms with E-state index in [1.165, 1.54) is 0 Å². The van der Waals surface area contributed by atoms with Crippen molar-refractivity contribution in [2.24, 2.45) is 0 Å². The topological polar surface area (TPSA) is 33.1 Å². The van der Waals surface area contributed by atoms with E-state index in [0.29, 0.717) is 0 Å². The van der Waals surface area contributed by atoms with Gasteiger partial charge in [-0.15, -0.1) is 0 Å². The molecule has 1 atom stereocenters. The maximum Gasteiger partial charge on any atom is 0.106 e. The third kappa shape index (κ3) is 1.82. The second-order valence-corrected chi connectivity index (χ2v) is 5.10. The summed E-state index contributed by atoms with van der Waals surface area (Å²) >= 11 is 1.62. The Morgan fingerprint density at radius 3 is 2.83 bits per heavy atom. The monoisotopic (exact) mass is 255 g/mol. The summed E-state index contributed by atoms with van der Waals surface area (Å²) in [7, 11) is 0. The summed E-state index contributed by atoms with van der Waals surface area (Å²) in [6.45, 7) is 2.03. The first-order valence-electron chi connectivity index (χ1n) is 5.81. The van der Waals surface area contributed by atoms with Crippen LogP contribution in [0, 0.1) is 6.92 Å². The molecule has 2 aromatic heterocycles. The van der Waals surface area contributed by atoms with Gasteiger partial charge < -0.3 is 5.11 Å². The summed E-state index contributed by atoms with van der Waals surface area (Å²) in [5.41, 5.74) is 3.03. The van der Waals surface area contributed by atoms with E-state index in [9.17, 15) is 5.11 Å². The first-order valence-corrected chi connectivity index (χ1v) is 6.75. The average Bonchev–Trinajstić information content (AvgIpc) is 2.83. The van der Waals surface area contributed by atoms with Crippen LogP contribution in [0.2, 0.25) is 0 Å². The summed E-state index contributed by atoms with van der Waals surface area (Å²) in [6.07, 6.45) is 3.01. The molecule has 0 saturated heterocycles. The Balaban J connectivity index is 2.18. The number of nitrogens with zero attached hydrogens (tertiary/aromatic N) is 1. The van der Waals surface area contributed by atoms with Crippen LogP contribution >= 0.6 is 11.3 Å². The van der Waals surface area contributed by atoms with Crippen molar-refractivity contribution in [1.29, 1.82) is 0 Å². The molecule has 0 amide bonds. The zero-order chi connectivity index (χ0) is 12.5. The van der Waals surface area contributed by atoms with Crippen LogP contribution < -0.4 is 0 Å². The van der Waals surface area contributed by atoms with Gasteiger partial charge in [-0.05, 0) is 45.8 Å². The van der Waals surface area contributed by atoms with Crippen molar-refractivity contribution in [1.82, 2.24) is 4.98 Å². The van der Waals surface area contributed by atoms with Crippen LogP contribution in [-0.4, -0.2) is 10.1 Å². The zero-order valence-corrected chi connectivity index (χ0v) is 10.8. The molecule has 2 heterocycles. The van der Waals surface area contributed by atoms with Gasteiger partial charge in [0.15, 0.2) is 0 Å². The number of thiophene rings is 1. The van der Waals surface area contributed by atoms with Crippen LogP contribution in [0.5, 0.6) is 0 Å². The minimum atomic E-state index is -0.579. The van der Waals surface area contributed by atoms with E-state index >= 15 is 0 Å². The van der Waals surface area contributed by atoms with Crippen LogP contribution in [0.15, 0.2) is 47.4 Å². The van der Waals surface area contributed by atoms with Gasteiger partial charge in [-0.25, -0.2) is 0 Å². The third-order valence-electron chi connectivity index (χ3n) is 3.20. The maximum absolute atomic E-state index is 10.5. The number of fused-ring (bicyclic) bond motifs is 1. The van der Waals surface area contributed by atoms with Crippen molar-refractivity contribution in [3.05, 3.63) is 64.1 Å². The second kappa shape index (κ2) is 4.52. The highest BCUT2D eigenvalue weighted by Crippen LogP contribution is 2.31. The zero-order valence-electron chi connectivity index (χ0n) is 10.00. The molecule has 0 saturated carbocycles. The molecule has 3 heteroatoms. The molecule has 1 aromatic carbocycles. The minimum Gasteiger partial charge on any atom is -0.384 e. The van der Waals surface area contributed by atoms with Crippen LogP contribution in [0.1, 0.15) is 22.8 Å². The number of aliphatic hydroxyl groups excluding tert-OH is 1. The molecule has 90 valence electrons. The van der Waals surface area contributed by atoms with E-state index in [0.717, 1.165) is 27.5 Å². The van der Waals surface area contributed by atoms with Gasteiger partial charge >= 0.3 is 0 Å². The lowest BCUT2D eigenvalue weighted by Crippen LogP contribution is -2.00. The summed E-state index contributed by atoms with van der Waals surface area (Å²) in [4.78, 5) is 4.15. The molecule has 0 aliphatic carbocycles. The van der Waals surface area contributed by atoms with Crippen molar-refractivity contribution in [3.63, 3.8) is 0 Å². The van der Waals surface area contributed by atoms with Gasteiger partial charge in [0, 0.05) is 17.8 Å². The van der Waals surface area contributed by atoms with Crippen LogP contribution in [0.4, 0.5) is 0 Å². The predicted octanol–water partition coefficient (Wildman–Crippen LogP) is 3.69. The molecule has 18 heavy (non-hydrogen) atoms. The summed E-state index contributed by atoms with van der Waals surface area (Å²) < 4.78 is 0. The lowest BCUT2D eigenvalue weighted by Gasteiger charge is -2.13. The first kappa shape index (κ1) is 11.4. The molecule has 2 nitrogen and oxygen atoms in total. The molecular formula is C15H13NOS. The SMILES string of the molecule is Cc1cscc1C(O)c1cccc2ccncc12. The van der Waals surface area contributed by atoms with Crippen molar-refractivity contribution < 1.29 is 5.11 Å². The average molecular weight is 255 g/mol. The summed E-state index contributed by atoms with van der Waals surface area (Å²) in [6, 6.07) is 7.94. The standard InChI is InChI=1S/C15H13NOS/c1-10-8-18-9-14(10)15(17)12-4-2-3-11-5-6-16-7-13(11)12/h2-9,15,17H,1H3. The fourth-order valence-corrected chi connectivity index (χ4v) is 3.06. The highest BCUT2D eigenvalue weighted by Gasteiger charge is 2.15. The van der Waals surface area contributed by atoms with Crippen molar-refractivity contribution in [3.8, 4) is 0 Å².